The average Bonchev–Trinajstić information content (AvgIpc) is 3.27. The van der Waals surface area contributed by atoms with Crippen molar-refractivity contribution in [2.75, 3.05) is 27.2 Å². The molecule has 3 heterocycles. The molecule has 126 valence electrons. The summed E-state index contributed by atoms with van der Waals surface area (Å²) in [5.74, 6) is -0.914. The third kappa shape index (κ3) is 2.88. The van der Waals surface area contributed by atoms with Crippen molar-refractivity contribution < 1.29 is 19.1 Å². The van der Waals surface area contributed by atoms with Crippen LogP contribution in [0.3, 0.4) is 0 Å². The quantitative estimate of drug-likeness (QED) is 0.814. The molecule has 0 saturated heterocycles. The van der Waals surface area contributed by atoms with Crippen LogP contribution in [-0.2, 0) is 4.79 Å². The van der Waals surface area contributed by atoms with Crippen molar-refractivity contribution in [3.8, 4) is 0 Å². The second-order valence-corrected chi connectivity index (χ2v) is 6.74. The maximum Gasteiger partial charge on any atom is 0.290 e. The Labute approximate surface area is 143 Å². The Hall–Kier alpha value is -2.38. The van der Waals surface area contributed by atoms with Gasteiger partial charge in [-0.05, 0) is 37.7 Å². The zero-order valence-corrected chi connectivity index (χ0v) is 14.2. The van der Waals surface area contributed by atoms with Gasteiger partial charge in [0.25, 0.3) is 5.91 Å². The molecular formula is C17H18N2O4S. The molecule has 1 atom stereocenters. The van der Waals surface area contributed by atoms with Gasteiger partial charge in [0.15, 0.2) is 5.76 Å². The Morgan fingerprint density at radius 3 is 2.75 bits per heavy atom. The molecule has 2 aromatic rings. The summed E-state index contributed by atoms with van der Waals surface area (Å²) < 4.78 is 5.45. The van der Waals surface area contributed by atoms with E-state index in [4.69, 9.17) is 4.42 Å². The van der Waals surface area contributed by atoms with Gasteiger partial charge in [0.1, 0.15) is 11.8 Å². The van der Waals surface area contributed by atoms with Gasteiger partial charge in [-0.1, -0.05) is 6.07 Å². The van der Waals surface area contributed by atoms with E-state index in [9.17, 15) is 14.7 Å². The van der Waals surface area contributed by atoms with Crippen LogP contribution in [0, 0.1) is 0 Å². The zero-order valence-electron chi connectivity index (χ0n) is 13.4. The largest absolute Gasteiger partial charge is 0.503 e. The summed E-state index contributed by atoms with van der Waals surface area (Å²) in [6.07, 6.45) is 1.49. The average molecular weight is 346 g/mol. The van der Waals surface area contributed by atoms with Crippen molar-refractivity contribution in [1.82, 2.24) is 9.80 Å². The van der Waals surface area contributed by atoms with Crippen LogP contribution in [0.4, 0.5) is 0 Å². The highest BCUT2D eigenvalue weighted by molar-refractivity contribution is 7.12. The minimum atomic E-state index is -0.706. The van der Waals surface area contributed by atoms with Crippen LogP contribution in [-0.4, -0.2) is 53.8 Å². The summed E-state index contributed by atoms with van der Waals surface area (Å²) in [6, 6.07) is 6.15. The van der Waals surface area contributed by atoms with Gasteiger partial charge < -0.3 is 19.3 Å². The van der Waals surface area contributed by atoms with Crippen LogP contribution in [0.15, 0.2) is 51.7 Å². The fraction of sp³-hybridized carbons (Fsp3) is 0.294. The molecule has 2 aromatic heterocycles. The van der Waals surface area contributed by atoms with Crippen LogP contribution >= 0.6 is 11.3 Å². The maximum atomic E-state index is 12.8. The van der Waals surface area contributed by atoms with Gasteiger partial charge in [0.2, 0.25) is 5.78 Å². The highest BCUT2D eigenvalue weighted by Crippen LogP contribution is 2.39. The lowest BCUT2D eigenvalue weighted by atomic mass is 10.0. The number of carbonyl (C=O) groups is 2. The van der Waals surface area contributed by atoms with Crippen molar-refractivity contribution in [3.63, 3.8) is 0 Å². The number of aliphatic hydroxyl groups is 1. The first-order valence-electron chi connectivity index (χ1n) is 7.51. The number of furan rings is 1. The van der Waals surface area contributed by atoms with Crippen molar-refractivity contribution in [2.24, 2.45) is 0 Å². The van der Waals surface area contributed by atoms with Crippen LogP contribution < -0.4 is 0 Å². The first kappa shape index (κ1) is 16.5. The standard InChI is InChI=1S/C17H18N2O4S/c1-18(2)7-8-19-14(11-5-3-9-23-11)13(16(21)17(19)22)15(20)12-6-4-10-24-12/h3-6,9-10,14,21H,7-8H2,1-2H3/t14-/m0/s1. The molecule has 7 heteroatoms. The van der Waals surface area contributed by atoms with Crippen LogP contribution in [0.2, 0.25) is 0 Å². The Kier molecular flexibility index (Phi) is 4.55. The molecule has 0 fully saturated rings. The van der Waals surface area contributed by atoms with E-state index in [1.165, 1.54) is 22.5 Å². The first-order chi connectivity index (χ1) is 11.5. The molecule has 0 aliphatic carbocycles. The third-order valence-corrected chi connectivity index (χ3v) is 4.76. The summed E-state index contributed by atoms with van der Waals surface area (Å²) in [7, 11) is 3.79. The normalized spacial score (nSPS) is 18.0. The number of thiophene rings is 1. The highest BCUT2D eigenvalue weighted by atomic mass is 32.1. The number of Topliss-reactive ketones (excluding diaryl/α,β-unsaturated/α-hetero) is 1. The van der Waals surface area contributed by atoms with E-state index < -0.39 is 17.7 Å². The number of likely N-dealkylation sites (N-methyl/N-ethyl adjacent to an activating group) is 1. The van der Waals surface area contributed by atoms with E-state index in [1.807, 2.05) is 19.0 Å². The number of carbonyl (C=O) groups excluding carboxylic acids is 2. The summed E-state index contributed by atoms with van der Waals surface area (Å²) in [6.45, 7) is 0.985. The molecule has 0 saturated carbocycles. The van der Waals surface area contributed by atoms with Crippen LogP contribution in [0.25, 0.3) is 0 Å². The van der Waals surface area contributed by atoms with Crippen LogP contribution in [0.5, 0.6) is 0 Å². The highest BCUT2D eigenvalue weighted by Gasteiger charge is 2.45. The van der Waals surface area contributed by atoms with E-state index >= 15 is 0 Å². The van der Waals surface area contributed by atoms with Crippen molar-refractivity contribution in [1.29, 1.82) is 0 Å². The van der Waals surface area contributed by atoms with Gasteiger partial charge in [0, 0.05) is 13.1 Å². The summed E-state index contributed by atoms with van der Waals surface area (Å²) in [4.78, 5) is 29.2. The molecule has 1 aliphatic heterocycles. The Morgan fingerprint density at radius 1 is 1.38 bits per heavy atom. The monoisotopic (exact) mass is 346 g/mol. The summed E-state index contributed by atoms with van der Waals surface area (Å²) in [5.41, 5.74) is 0.0798. The van der Waals surface area contributed by atoms with E-state index in [0.29, 0.717) is 23.7 Å². The number of hydrogen-bond donors (Lipinski definition) is 1. The van der Waals surface area contributed by atoms with E-state index in [2.05, 4.69) is 0 Å². The van der Waals surface area contributed by atoms with Gasteiger partial charge >= 0.3 is 0 Å². The molecule has 1 aliphatic rings. The Bertz CT molecular complexity index is 763. The SMILES string of the molecule is CN(C)CCN1C(=O)C(O)=C(C(=O)c2cccs2)[C@@H]1c1ccco1. The molecule has 0 aromatic carbocycles. The summed E-state index contributed by atoms with van der Waals surface area (Å²) >= 11 is 1.28. The number of ketones is 1. The molecule has 1 amide bonds. The lowest BCUT2D eigenvalue weighted by molar-refractivity contribution is -0.129. The number of rotatable bonds is 6. The van der Waals surface area contributed by atoms with Crippen molar-refractivity contribution in [2.45, 2.75) is 6.04 Å². The minimum Gasteiger partial charge on any atom is -0.503 e. The topological polar surface area (TPSA) is 74.0 Å². The predicted molar refractivity (Wildman–Crippen MR) is 90.0 cm³/mol. The molecular weight excluding hydrogens is 328 g/mol. The zero-order chi connectivity index (χ0) is 17.3. The third-order valence-electron chi connectivity index (χ3n) is 3.89. The smallest absolute Gasteiger partial charge is 0.290 e. The number of amides is 1. The van der Waals surface area contributed by atoms with Crippen molar-refractivity contribution >= 4 is 23.0 Å². The first-order valence-corrected chi connectivity index (χ1v) is 8.39. The molecule has 0 bridgehead atoms. The second kappa shape index (κ2) is 6.62. The second-order valence-electron chi connectivity index (χ2n) is 5.79. The number of nitrogens with zero attached hydrogens (tertiary/aromatic N) is 2. The van der Waals surface area contributed by atoms with E-state index in [1.54, 1.807) is 29.6 Å². The lowest BCUT2D eigenvalue weighted by Gasteiger charge is -2.26. The number of aliphatic hydroxyl groups excluding tert-OH is 1. The molecule has 24 heavy (non-hydrogen) atoms. The van der Waals surface area contributed by atoms with Gasteiger partial charge in [-0.25, -0.2) is 0 Å². The molecule has 3 rings (SSSR count). The molecule has 0 spiro atoms. The number of hydrogen-bond acceptors (Lipinski definition) is 6. The van der Waals surface area contributed by atoms with E-state index in [-0.39, 0.29) is 11.4 Å². The Balaban J connectivity index is 2.01. The van der Waals surface area contributed by atoms with Crippen LogP contribution in [0.1, 0.15) is 21.5 Å². The van der Waals surface area contributed by atoms with Gasteiger partial charge in [0.05, 0.1) is 16.7 Å². The van der Waals surface area contributed by atoms with Gasteiger partial charge in [-0.15, -0.1) is 11.3 Å². The molecule has 0 unspecified atom stereocenters. The van der Waals surface area contributed by atoms with Crippen molar-refractivity contribution in [3.05, 3.63) is 57.9 Å². The molecule has 1 N–H and O–H groups in total. The lowest BCUT2D eigenvalue weighted by Crippen LogP contribution is -2.36. The maximum absolute atomic E-state index is 12.8. The van der Waals surface area contributed by atoms with Gasteiger partial charge in [-0.2, -0.15) is 0 Å². The Morgan fingerprint density at radius 2 is 2.17 bits per heavy atom. The summed E-state index contributed by atoms with van der Waals surface area (Å²) in [5, 5.41) is 12.1. The van der Waals surface area contributed by atoms with E-state index in [0.717, 1.165) is 0 Å². The minimum absolute atomic E-state index is 0.0798. The fourth-order valence-electron chi connectivity index (χ4n) is 2.71. The molecule has 0 radical (unpaired) electrons. The predicted octanol–water partition coefficient (Wildman–Crippen LogP) is 2.48. The fourth-order valence-corrected chi connectivity index (χ4v) is 3.38. The molecule has 6 nitrogen and oxygen atoms in total. The van der Waals surface area contributed by atoms with Gasteiger partial charge in [-0.3, -0.25) is 9.59 Å².